The zero-order chi connectivity index (χ0) is 13.0. The average molecular weight is 367 g/mol. The van der Waals surface area contributed by atoms with Crippen molar-refractivity contribution in [1.29, 1.82) is 0 Å². The van der Waals surface area contributed by atoms with E-state index < -0.39 is 16.8 Å². The van der Waals surface area contributed by atoms with Gasteiger partial charge in [0.15, 0.2) is 0 Å². The molecule has 0 aliphatic rings. The Morgan fingerprint density at radius 3 is 2.76 bits per heavy atom. The standard InChI is InChI=1S/C10H10INO4S/c1-6(10(13)14)5-17-9-3-2-7(12(15)16)4-8(9)11/h2-4,6H,5H2,1H3,(H,13,14). The second-order valence-corrected chi connectivity index (χ2v) is 5.65. The van der Waals surface area contributed by atoms with Crippen molar-refractivity contribution < 1.29 is 14.8 Å². The Labute approximate surface area is 116 Å². The van der Waals surface area contributed by atoms with E-state index >= 15 is 0 Å². The van der Waals surface area contributed by atoms with E-state index in [1.54, 1.807) is 13.0 Å². The molecule has 0 heterocycles. The molecule has 5 nitrogen and oxygen atoms in total. The average Bonchev–Trinajstić information content (AvgIpc) is 2.26. The predicted octanol–water partition coefficient (Wildman–Crippen LogP) is 3.01. The zero-order valence-electron chi connectivity index (χ0n) is 8.92. The lowest BCUT2D eigenvalue weighted by atomic mass is 10.2. The lowest BCUT2D eigenvalue weighted by molar-refractivity contribution is -0.385. The van der Waals surface area contributed by atoms with Crippen molar-refractivity contribution in [1.82, 2.24) is 0 Å². The highest BCUT2D eigenvalue weighted by Gasteiger charge is 2.14. The number of nitro benzene ring substituents is 1. The van der Waals surface area contributed by atoms with Crippen LogP contribution >= 0.6 is 34.4 Å². The van der Waals surface area contributed by atoms with Crippen LogP contribution in [0.3, 0.4) is 0 Å². The fraction of sp³-hybridized carbons (Fsp3) is 0.300. The zero-order valence-corrected chi connectivity index (χ0v) is 11.9. The summed E-state index contributed by atoms with van der Waals surface area (Å²) in [5.74, 6) is -0.830. The van der Waals surface area contributed by atoms with Crippen LogP contribution in [0, 0.1) is 19.6 Å². The van der Waals surface area contributed by atoms with Gasteiger partial charge in [-0.15, -0.1) is 11.8 Å². The summed E-state index contributed by atoms with van der Waals surface area (Å²) in [5.41, 5.74) is 0.0463. The van der Waals surface area contributed by atoms with Crippen LogP contribution in [0.25, 0.3) is 0 Å². The van der Waals surface area contributed by atoms with Crippen molar-refractivity contribution in [2.45, 2.75) is 11.8 Å². The number of thioether (sulfide) groups is 1. The van der Waals surface area contributed by atoms with Gasteiger partial charge in [0.25, 0.3) is 5.69 Å². The highest BCUT2D eigenvalue weighted by atomic mass is 127. The lowest BCUT2D eigenvalue weighted by Gasteiger charge is -2.07. The van der Waals surface area contributed by atoms with Gasteiger partial charge in [0.2, 0.25) is 0 Å². The number of nitrogens with zero attached hydrogens (tertiary/aromatic N) is 1. The van der Waals surface area contributed by atoms with Crippen molar-refractivity contribution in [3.63, 3.8) is 0 Å². The van der Waals surface area contributed by atoms with E-state index in [1.165, 1.54) is 23.9 Å². The van der Waals surface area contributed by atoms with Crippen molar-refractivity contribution in [3.8, 4) is 0 Å². The Morgan fingerprint density at radius 1 is 1.65 bits per heavy atom. The summed E-state index contributed by atoms with van der Waals surface area (Å²) < 4.78 is 0.763. The van der Waals surface area contributed by atoms with Crippen molar-refractivity contribution >= 4 is 46.0 Å². The third-order valence-corrected chi connectivity index (χ3v) is 4.63. The molecule has 0 aliphatic carbocycles. The molecule has 17 heavy (non-hydrogen) atoms. The van der Waals surface area contributed by atoms with Gasteiger partial charge in [-0.25, -0.2) is 0 Å². The molecule has 0 bridgehead atoms. The molecule has 1 unspecified atom stereocenters. The number of halogens is 1. The molecule has 1 rings (SSSR count). The van der Waals surface area contributed by atoms with E-state index in [0.717, 1.165) is 8.47 Å². The fourth-order valence-electron chi connectivity index (χ4n) is 1.01. The summed E-state index contributed by atoms with van der Waals surface area (Å²) in [6, 6.07) is 4.56. The molecular formula is C10H10INO4S. The number of carboxylic acids is 1. The summed E-state index contributed by atoms with van der Waals surface area (Å²) >= 11 is 3.40. The molecule has 0 radical (unpaired) electrons. The fourth-order valence-corrected chi connectivity index (χ4v) is 2.91. The maximum absolute atomic E-state index is 10.6. The number of hydrogen-bond donors (Lipinski definition) is 1. The third-order valence-electron chi connectivity index (χ3n) is 2.04. The van der Waals surface area contributed by atoms with Crippen LogP contribution < -0.4 is 0 Å². The largest absolute Gasteiger partial charge is 0.481 e. The summed E-state index contributed by atoms with van der Waals surface area (Å²) in [6.07, 6.45) is 0. The van der Waals surface area contributed by atoms with Gasteiger partial charge in [-0.2, -0.15) is 0 Å². The minimum absolute atomic E-state index is 0.0463. The van der Waals surface area contributed by atoms with Crippen molar-refractivity contribution in [3.05, 3.63) is 31.9 Å². The van der Waals surface area contributed by atoms with Gasteiger partial charge < -0.3 is 5.11 Å². The van der Waals surface area contributed by atoms with Gasteiger partial charge in [-0.1, -0.05) is 6.92 Å². The number of benzene rings is 1. The third kappa shape index (κ3) is 4.15. The van der Waals surface area contributed by atoms with Crippen LogP contribution in [0.15, 0.2) is 23.1 Å². The van der Waals surface area contributed by atoms with Gasteiger partial charge in [-0.3, -0.25) is 14.9 Å². The molecule has 0 aromatic heterocycles. The number of non-ortho nitro benzene ring substituents is 1. The molecule has 0 fully saturated rings. The number of aliphatic carboxylic acids is 1. The Bertz CT molecular complexity index is 452. The quantitative estimate of drug-likeness (QED) is 0.375. The molecule has 0 amide bonds. The van der Waals surface area contributed by atoms with Gasteiger partial charge in [0, 0.05) is 26.4 Å². The summed E-state index contributed by atoms with van der Waals surface area (Å²) in [4.78, 5) is 21.6. The predicted molar refractivity (Wildman–Crippen MR) is 73.3 cm³/mol. The van der Waals surface area contributed by atoms with Crippen LogP contribution in [0.4, 0.5) is 5.69 Å². The second-order valence-electron chi connectivity index (χ2n) is 3.42. The highest BCUT2D eigenvalue weighted by molar-refractivity contribution is 14.1. The van der Waals surface area contributed by atoms with E-state index in [-0.39, 0.29) is 5.69 Å². The van der Waals surface area contributed by atoms with E-state index in [9.17, 15) is 14.9 Å². The smallest absolute Gasteiger partial charge is 0.307 e. The first-order valence-corrected chi connectivity index (χ1v) is 6.77. The maximum Gasteiger partial charge on any atom is 0.307 e. The molecule has 1 N–H and O–H groups in total. The second kappa shape index (κ2) is 6.20. The molecule has 0 saturated heterocycles. The van der Waals surface area contributed by atoms with Crippen LogP contribution in [0.5, 0.6) is 0 Å². The Hall–Kier alpha value is -0.830. The van der Waals surface area contributed by atoms with Crippen LogP contribution in [-0.2, 0) is 4.79 Å². The van der Waals surface area contributed by atoms with Gasteiger partial charge in [-0.05, 0) is 28.7 Å². The first-order valence-electron chi connectivity index (χ1n) is 4.71. The number of hydrogen-bond acceptors (Lipinski definition) is 4. The van der Waals surface area contributed by atoms with Crippen molar-refractivity contribution in [2.24, 2.45) is 5.92 Å². The Balaban J connectivity index is 2.73. The molecule has 0 saturated carbocycles. The minimum atomic E-state index is -0.839. The minimum Gasteiger partial charge on any atom is -0.481 e. The lowest BCUT2D eigenvalue weighted by Crippen LogP contribution is -2.11. The van der Waals surface area contributed by atoms with E-state index in [1.807, 2.05) is 22.6 Å². The molecule has 7 heteroatoms. The van der Waals surface area contributed by atoms with E-state index in [4.69, 9.17) is 5.11 Å². The molecule has 1 atom stereocenters. The number of carbonyl (C=O) groups is 1. The summed E-state index contributed by atoms with van der Waals surface area (Å²) in [7, 11) is 0. The summed E-state index contributed by atoms with van der Waals surface area (Å²) in [5, 5.41) is 19.3. The first-order chi connectivity index (χ1) is 7.91. The van der Waals surface area contributed by atoms with Crippen LogP contribution in [0.1, 0.15) is 6.92 Å². The molecule has 1 aromatic carbocycles. The number of rotatable bonds is 5. The molecule has 92 valence electrons. The topological polar surface area (TPSA) is 80.4 Å². The molecule has 0 aliphatic heterocycles. The molecular weight excluding hydrogens is 357 g/mol. The van der Waals surface area contributed by atoms with Crippen molar-refractivity contribution in [2.75, 3.05) is 5.75 Å². The molecule has 0 spiro atoms. The molecule has 1 aromatic rings. The Kier molecular flexibility index (Phi) is 5.19. The van der Waals surface area contributed by atoms with Gasteiger partial charge in [0.1, 0.15) is 0 Å². The van der Waals surface area contributed by atoms with E-state index in [2.05, 4.69) is 0 Å². The normalized spacial score (nSPS) is 12.1. The van der Waals surface area contributed by atoms with Crippen LogP contribution in [0.2, 0.25) is 0 Å². The van der Waals surface area contributed by atoms with Gasteiger partial charge in [0.05, 0.1) is 10.8 Å². The van der Waals surface area contributed by atoms with E-state index in [0.29, 0.717) is 5.75 Å². The van der Waals surface area contributed by atoms with Crippen LogP contribution in [-0.4, -0.2) is 21.8 Å². The first kappa shape index (κ1) is 14.2. The highest BCUT2D eigenvalue weighted by Crippen LogP contribution is 2.29. The maximum atomic E-state index is 10.6. The summed E-state index contributed by atoms with van der Waals surface area (Å²) in [6.45, 7) is 1.63. The Morgan fingerprint density at radius 2 is 2.29 bits per heavy atom. The number of carboxylic acid groups (broad SMARTS) is 1. The monoisotopic (exact) mass is 367 g/mol. The number of nitro groups is 1. The SMILES string of the molecule is CC(CSc1ccc([N+](=O)[O-])cc1I)C(=O)O. The van der Waals surface area contributed by atoms with Gasteiger partial charge >= 0.3 is 5.97 Å².